The standard InChI is InChI=1S/C8H15N3O5/c1-3(12)10-8-6(14)5(13)4(2-15-9)16-7(8)11-8/h4-7,11,13-14H,2,9H2,1H3,(H,10,12)/t4-,5-,6+,7+,8+/m1/s1. The molecular weight excluding hydrogens is 218 g/mol. The minimum Gasteiger partial charge on any atom is -0.387 e. The van der Waals surface area contributed by atoms with Crippen molar-refractivity contribution in [3.63, 3.8) is 0 Å². The third-order valence-electron chi connectivity index (χ3n) is 2.83. The van der Waals surface area contributed by atoms with Gasteiger partial charge in [-0.05, 0) is 0 Å². The van der Waals surface area contributed by atoms with E-state index in [4.69, 9.17) is 10.6 Å². The van der Waals surface area contributed by atoms with Gasteiger partial charge in [-0.3, -0.25) is 10.1 Å². The number of hydrogen-bond acceptors (Lipinski definition) is 7. The second-order valence-electron chi connectivity index (χ2n) is 4.02. The van der Waals surface area contributed by atoms with Gasteiger partial charge in [-0.2, -0.15) is 0 Å². The Balaban J connectivity index is 2.06. The number of hydrogen-bond donors (Lipinski definition) is 5. The van der Waals surface area contributed by atoms with Crippen molar-refractivity contribution in [2.24, 2.45) is 5.90 Å². The van der Waals surface area contributed by atoms with E-state index in [9.17, 15) is 15.0 Å². The number of amides is 1. The van der Waals surface area contributed by atoms with Gasteiger partial charge in [0.25, 0.3) is 0 Å². The smallest absolute Gasteiger partial charge is 0.218 e. The molecule has 5 atom stereocenters. The number of aliphatic hydroxyl groups is 2. The van der Waals surface area contributed by atoms with Gasteiger partial charge in [0.15, 0.2) is 5.66 Å². The van der Waals surface area contributed by atoms with Crippen LogP contribution in [0.5, 0.6) is 0 Å². The Morgan fingerprint density at radius 2 is 2.38 bits per heavy atom. The van der Waals surface area contributed by atoms with Gasteiger partial charge >= 0.3 is 0 Å². The van der Waals surface area contributed by atoms with Crippen molar-refractivity contribution in [2.75, 3.05) is 6.61 Å². The summed E-state index contributed by atoms with van der Waals surface area (Å²) in [6, 6.07) is 0. The molecule has 2 heterocycles. The zero-order valence-electron chi connectivity index (χ0n) is 8.71. The number of fused-ring (bicyclic) bond motifs is 1. The maximum Gasteiger partial charge on any atom is 0.218 e. The first-order chi connectivity index (χ1) is 7.51. The summed E-state index contributed by atoms with van der Waals surface area (Å²) in [6.45, 7) is 1.28. The van der Waals surface area contributed by atoms with Crippen molar-refractivity contribution < 1.29 is 24.6 Å². The number of rotatable bonds is 3. The maximum absolute atomic E-state index is 11.0. The Labute approximate surface area is 91.7 Å². The summed E-state index contributed by atoms with van der Waals surface area (Å²) in [4.78, 5) is 15.3. The highest BCUT2D eigenvalue weighted by atomic mass is 16.6. The van der Waals surface area contributed by atoms with Crippen LogP contribution >= 0.6 is 0 Å². The molecular formula is C8H15N3O5. The van der Waals surface area contributed by atoms with Crippen LogP contribution in [0, 0.1) is 0 Å². The normalized spacial score (nSPS) is 46.0. The van der Waals surface area contributed by atoms with Crippen molar-refractivity contribution >= 4 is 5.91 Å². The summed E-state index contributed by atoms with van der Waals surface area (Å²) in [5.41, 5.74) is -1.09. The number of nitrogens with two attached hydrogens (primary N) is 1. The highest BCUT2D eigenvalue weighted by Crippen LogP contribution is 2.37. The molecule has 0 aromatic heterocycles. The van der Waals surface area contributed by atoms with Crippen LogP contribution in [-0.2, 0) is 14.4 Å². The first kappa shape index (κ1) is 11.7. The predicted molar refractivity (Wildman–Crippen MR) is 50.5 cm³/mol. The van der Waals surface area contributed by atoms with Crippen LogP contribution in [0.25, 0.3) is 0 Å². The molecule has 0 bridgehead atoms. The molecule has 0 aromatic carbocycles. The van der Waals surface area contributed by atoms with E-state index in [1.807, 2.05) is 0 Å². The van der Waals surface area contributed by atoms with Crippen LogP contribution in [0.2, 0.25) is 0 Å². The lowest BCUT2D eigenvalue weighted by molar-refractivity contribution is -0.171. The highest BCUT2D eigenvalue weighted by Gasteiger charge is 2.67. The Morgan fingerprint density at radius 1 is 1.69 bits per heavy atom. The van der Waals surface area contributed by atoms with Crippen molar-refractivity contribution in [2.45, 2.75) is 37.1 Å². The Kier molecular flexibility index (Phi) is 2.86. The summed E-state index contributed by atoms with van der Waals surface area (Å²) in [5.74, 6) is 4.56. The first-order valence-corrected chi connectivity index (χ1v) is 4.91. The van der Waals surface area contributed by atoms with Gasteiger partial charge in [-0.15, -0.1) is 0 Å². The third-order valence-corrected chi connectivity index (χ3v) is 2.83. The SMILES string of the molecule is CC(=O)N[C@@]12N[C@H]1O[C@H](CON)[C@@H](O)[C@@H]2O. The molecule has 0 aliphatic carbocycles. The van der Waals surface area contributed by atoms with Crippen LogP contribution in [0.1, 0.15) is 6.92 Å². The Hall–Kier alpha value is -0.770. The van der Waals surface area contributed by atoms with Gasteiger partial charge in [0, 0.05) is 6.92 Å². The summed E-state index contributed by atoms with van der Waals surface area (Å²) >= 11 is 0. The van der Waals surface area contributed by atoms with E-state index in [-0.39, 0.29) is 12.5 Å². The van der Waals surface area contributed by atoms with Crippen molar-refractivity contribution in [3.8, 4) is 0 Å². The number of carbonyl (C=O) groups excluding carboxylic acids is 1. The molecule has 1 amide bonds. The number of ether oxygens (including phenoxy) is 1. The molecule has 6 N–H and O–H groups in total. The zero-order chi connectivity index (χ0) is 11.9. The number of nitrogens with one attached hydrogen (secondary N) is 2. The lowest BCUT2D eigenvalue weighted by Gasteiger charge is -2.35. The van der Waals surface area contributed by atoms with Crippen LogP contribution in [0.4, 0.5) is 0 Å². The number of aliphatic hydroxyl groups excluding tert-OH is 2. The Bertz CT molecular complexity index is 301. The molecule has 0 radical (unpaired) electrons. The molecule has 0 saturated carbocycles. The fraction of sp³-hybridized carbons (Fsp3) is 0.875. The molecule has 8 nitrogen and oxygen atoms in total. The largest absolute Gasteiger partial charge is 0.387 e. The van der Waals surface area contributed by atoms with Gasteiger partial charge in [0.2, 0.25) is 5.91 Å². The molecule has 0 unspecified atom stereocenters. The van der Waals surface area contributed by atoms with Gasteiger partial charge in [-0.25, -0.2) is 5.90 Å². The Morgan fingerprint density at radius 3 is 2.94 bits per heavy atom. The second-order valence-corrected chi connectivity index (χ2v) is 4.02. The van der Waals surface area contributed by atoms with E-state index in [1.165, 1.54) is 6.92 Å². The lowest BCUT2D eigenvalue weighted by Crippen LogP contribution is -2.61. The maximum atomic E-state index is 11.0. The van der Waals surface area contributed by atoms with Crippen molar-refractivity contribution in [3.05, 3.63) is 0 Å². The van der Waals surface area contributed by atoms with Crippen LogP contribution < -0.4 is 16.5 Å². The van der Waals surface area contributed by atoms with Gasteiger partial charge < -0.3 is 25.1 Å². The molecule has 92 valence electrons. The monoisotopic (exact) mass is 233 g/mol. The molecule has 2 fully saturated rings. The molecule has 2 rings (SSSR count). The van der Waals surface area contributed by atoms with Gasteiger partial charge in [0.1, 0.15) is 24.5 Å². The minimum atomic E-state index is -1.18. The van der Waals surface area contributed by atoms with E-state index in [0.29, 0.717) is 0 Å². The van der Waals surface area contributed by atoms with E-state index in [1.54, 1.807) is 0 Å². The lowest BCUT2D eigenvalue weighted by atomic mass is 9.97. The third kappa shape index (κ3) is 1.69. The average Bonchev–Trinajstić information content (AvgIpc) is 2.88. The molecule has 16 heavy (non-hydrogen) atoms. The fourth-order valence-electron chi connectivity index (χ4n) is 1.98. The molecule has 2 aliphatic rings. The summed E-state index contributed by atoms with van der Waals surface area (Å²) < 4.78 is 5.35. The molecule has 0 spiro atoms. The summed E-state index contributed by atoms with van der Waals surface area (Å²) in [7, 11) is 0. The van der Waals surface area contributed by atoms with Crippen molar-refractivity contribution in [1.82, 2.24) is 10.6 Å². The van der Waals surface area contributed by atoms with E-state index >= 15 is 0 Å². The molecule has 2 saturated heterocycles. The van der Waals surface area contributed by atoms with E-state index in [0.717, 1.165) is 0 Å². The average molecular weight is 233 g/mol. The van der Waals surface area contributed by atoms with Gasteiger partial charge in [0.05, 0.1) is 6.61 Å². The summed E-state index contributed by atoms with van der Waals surface area (Å²) in [5, 5.41) is 24.9. The first-order valence-electron chi connectivity index (χ1n) is 4.91. The topological polar surface area (TPSA) is 136 Å². The second kappa shape index (κ2) is 3.91. The molecule has 2 aliphatic heterocycles. The fourth-order valence-corrected chi connectivity index (χ4v) is 1.98. The van der Waals surface area contributed by atoms with E-state index in [2.05, 4.69) is 15.5 Å². The molecule has 0 aromatic rings. The van der Waals surface area contributed by atoms with Crippen LogP contribution in [0.3, 0.4) is 0 Å². The van der Waals surface area contributed by atoms with Crippen LogP contribution in [-0.4, -0.2) is 52.9 Å². The highest BCUT2D eigenvalue weighted by molar-refractivity contribution is 5.74. The summed E-state index contributed by atoms with van der Waals surface area (Å²) in [6.07, 6.45) is -3.60. The minimum absolute atomic E-state index is 0.0352. The predicted octanol–water partition coefficient (Wildman–Crippen LogP) is -3.24. The van der Waals surface area contributed by atoms with Crippen molar-refractivity contribution in [1.29, 1.82) is 0 Å². The molecule has 8 heteroatoms. The van der Waals surface area contributed by atoms with Crippen LogP contribution in [0.15, 0.2) is 0 Å². The quantitative estimate of drug-likeness (QED) is 0.255. The van der Waals surface area contributed by atoms with Gasteiger partial charge in [-0.1, -0.05) is 0 Å². The van der Waals surface area contributed by atoms with E-state index < -0.39 is 30.2 Å². The zero-order valence-corrected chi connectivity index (χ0v) is 8.71. The number of carbonyl (C=O) groups is 1.